The molecule has 0 bridgehead atoms. The number of nitrogens with two attached hydrogens (primary N) is 2. The van der Waals surface area contributed by atoms with Gasteiger partial charge in [0.25, 0.3) is 17.8 Å². The topological polar surface area (TPSA) is 148 Å². The van der Waals surface area contributed by atoms with Crippen LogP contribution in [0.25, 0.3) is 11.1 Å². The fourth-order valence-corrected chi connectivity index (χ4v) is 4.05. The van der Waals surface area contributed by atoms with E-state index in [0.29, 0.717) is 35.6 Å². The lowest BCUT2D eigenvalue weighted by Gasteiger charge is -2.36. The highest BCUT2D eigenvalue weighted by atomic mass is 19.3. The van der Waals surface area contributed by atoms with Crippen molar-refractivity contribution in [2.45, 2.75) is 43.7 Å². The van der Waals surface area contributed by atoms with Gasteiger partial charge in [0.1, 0.15) is 11.3 Å². The van der Waals surface area contributed by atoms with Gasteiger partial charge >= 0.3 is 0 Å². The summed E-state index contributed by atoms with van der Waals surface area (Å²) in [5.74, 6) is -3.44. The van der Waals surface area contributed by atoms with Crippen molar-refractivity contribution in [3.63, 3.8) is 0 Å². The summed E-state index contributed by atoms with van der Waals surface area (Å²) in [7, 11) is 0. The Kier molecular flexibility index (Phi) is 5.23. The van der Waals surface area contributed by atoms with Gasteiger partial charge in [-0.3, -0.25) is 4.79 Å². The number of alkyl halides is 2. The Hall–Kier alpha value is -3.54. The highest BCUT2D eigenvalue weighted by molar-refractivity contribution is 5.96. The number of hydrogen-bond acceptors (Lipinski definition) is 9. The van der Waals surface area contributed by atoms with E-state index in [1.54, 1.807) is 18.2 Å². The standard InChI is InChI=1S/C21H24F2N8O2/c22-21(23)6-1-3-13(17(21)24)28-15-10-26-16(18(25)32)19(30-15)27-11-4-5-12-14(9-11)33-20(29-12)31-7-2-8-31/h4-5,9-10,13,17H,1-3,6-8,24H2,(H2,25,32)(H2,27,28,30)/t13-,17-/m1/s1. The number of rotatable bonds is 6. The fraction of sp³-hybridized carbons (Fsp3) is 0.429. The molecular weight excluding hydrogens is 434 g/mol. The van der Waals surface area contributed by atoms with Gasteiger partial charge < -0.3 is 31.4 Å². The van der Waals surface area contributed by atoms with Crippen LogP contribution in [0.4, 0.5) is 32.1 Å². The second-order valence-electron chi connectivity index (χ2n) is 8.39. The third-order valence-corrected chi connectivity index (χ3v) is 6.05. The first-order valence-electron chi connectivity index (χ1n) is 10.8. The molecule has 1 saturated carbocycles. The van der Waals surface area contributed by atoms with Gasteiger partial charge in [-0.15, -0.1) is 0 Å². The van der Waals surface area contributed by atoms with Crippen molar-refractivity contribution in [2.24, 2.45) is 11.5 Å². The van der Waals surface area contributed by atoms with Gasteiger partial charge in [-0.1, -0.05) is 0 Å². The van der Waals surface area contributed by atoms with Crippen LogP contribution in [0.15, 0.2) is 28.8 Å². The molecule has 1 aliphatic carbocycles. The summed E-state index contributed by atoms with van der Waals surface area (Å²) in [4.78, 5) is 26.8. The van der Waals surface area contributed by atoms with Crippen molar-refractivity contribution in [3.8, 4) is 0 Å². The Morgan fingerprint density at radius 2 is 2.06 bits per heavy atom. The Balaban J connectivity index is 1.40. The summed E-state index contributed by atoms with van der Waals surface area (Å²) in [5.41, 5.74) is 13.0. The van der Waals surface area contributed by atoms with E-state index in [-0.39, 0.29) is 23.8 Å². The van der Waals surface area contributed by atoms with Gasteiger partial charge in [0.15, 0.2) is 17.1 Å². The summed E-state index contributed by atoms with van der Waals surface area (Å²) >= 11 is 0. The second kappa shape index (κ2) is 8.10. The fourth-order valence-electron chi connectivity index (χ4n) is 4.05. The third-order valence-electron chi connectivity index (χ3n) is 6.05. The number of nitrogens with one attached hydrogen (secondary N) is 2. The van der Waals surface area contributed by atoms with Crippen LogP contribution in [-0.4, -0.2) is 52.0 Å². The third kappa shape index (κ3) is 4.13. The van der Waals surface area contributed by atoms with E-state index < -0.39 is 23.9 Å². The predicted octanol–water partition coefficient (Wildman–Crippen LogP) is 2.60. The molecule has 3 aromatic rings. The molecule has 6 N–H and O–H groups in total. The molecule has 10 nitrogen and oxygen atoms in total. The van der Waals surface area contributed by atoms with E-state index in [2.05, 4.69) is 25.6 Å². The second-order valence-corrected chi connectivity index (χ2v) is 8.39. The molecule has 2 fully saturated rings. The van der Waals surface area contributed by atoms with Crippen molar-refractivity contribution >= 4 is 40.3 Å². The maximum Gasteiger partial charge on any atom is 0.298 e. The van der Waals surface area contributed by atoms with Crippen molar-refractivity contribution < 1.29 is 18.0 Å². The highest BCUT2D eigenvalue weighted by Gasteiger charge is 2.44. The van der Waals surface area contributed by atoms with Crippen LogP contribution in [0.3, 0.4) is 0 Å². The minimum absolute atomic E-state index is 0.0854. The molecule has 174 valence electrons. The van der Waals surface area contributed by atoms with Crippen LogP contribution in [-0.2, 0) is 0 Å². The van der Waals surface area contributed by atoms with Gasteiger partial charge in [0, 0.05) is 37.3 Å². The number of anilines is 4. The molecule has 0 radical (unpaired) electrons. The molecule has 0 spiro atoms. The van der Waals surface area contributed by atoms with E-state index in [0.717, 1.165) is 19.5 Å². The summed E-state index contributed by atoms with van der Waals surface area (Å²) in [5, 5.41) is 5.95. The zero-order valence-corrected chi connectivity index (χ0v) is 17.7. The number of benzene rings is 1. The summed E-state index contributed by atoms with van der Waals surface area (Å²) < 4.78 is 33.8. The summed E-state index contributed by atoms with van der Waals surface area (Å²) in [6.45, 7) is 1.82. The van der Waals surface area contributed by atoms with Gasteiger partial charge in [0.05, 0.1) is 12.2 Å². The Morgan fingerprint density at radius 1 is 1.24 bits per heavy atom. The monoisotopic (exact) mass is 458 g/mol. The lowest BCUT2D eigenvalue weighted by molar-refractivity contribution is -0.0554. The first-order chi connectivity index (χ1) is 15.8. The highest BCUT2D eigenvalue weighted by Crippen LogP contribution is 2.34. The predicted molar refractivity (Wildman–Crippen MR) is 119 cm³/mol. The molecule has 2 atom stereocenters. The molecule has 1 aliphatic heterocycles. The number of carbonyl (C=O) groups excluding carboxylic acids is 1. The molecule has 1 amide bonds. The zero-order chi connectivity index (χ0) is 23.2. The number of halogens is 2. The number of nitrogens with zero attached hydrogens (tertiary/aromatic N) is 4. The maximum atomic E-state index is 14.0. The lowest BCUT2D eigenvalue weighted by atomic mass is 9.87. The van der Waals surface area contributed by atoms with E-state index in [1.807, 2.05) is 4.90 Å². The van der Waals surface area contributed by atoms with Crippen molar-refractivity contribution in [2.75, 3.05) is 28.6 Å². The average Bonchev–Trinajstić information content (AvgIpc) is 3.12. The molecule has 33 heavy (non-hydrogen) atoms. The van der Waals surface area contributed by atoms with Crippen LogP contribution in [0.2, 0.25) is 0 Å². The maximum absolute atomic E-state index is 14.0. The number of primary amides is 1. The lowest BCUT2D eigenvalue weighted by Crippen LogP contribution is -2.55. The van der Waals surface area contributed by atoms with Crippen LogP contribution in [0, 0.1) is 0 Å². The number of aromatic nitrogens is 3. The van der Waals surface area contributed by atoms with E-state index in [1.165, 1.54) is 6.20 Å². The van der Waals surface area contributed by atoms with Crippen LogP contribution >= 0.6 is 0 Å². The SMILES string of the molecule is NC(=O)c1ncc(N[C@@H]2CCCC(F)(F)[C@@H]2N)nc1Nc1ccc2nc(N3CCC3)oc2c1. The quantitative estimate of drug-likeness (QED) is 0.437. The minimum Gasteiger partial charge on any atom is -0.423 e. The van der Waals surface area contributed by atoms with E-state index >= 15 is 0 Å². The molecule has 12 heteroatoms. The smallest absolute Gasteiger partial charge is 0.298 e. The Bertz CT molecular complexity index is 1200. The number of carbonyl (C=O) groups is 1. The van der Waals surface area contributed by atoms with Gasteiger partial charge in [-0.2, -0.15) is 4.98 Å². The number of amides is 1. The van der Waals surface area contributed by atoms with Crippen LogP contribution < -0.4 is 27.0 Å². The van der Waals surface area contributed by atoms with Crippen molar-refractivity contribution in [1.29, 1.82) is 0 Å². The van der Waals surface area contributed by atoms with Crippen LogP contribution in [0.5, 0.6) is 0 Å². The van der Waals surface area contributed by atoms with Gasteiger partial charge in [-0.25, -0.2) is 18.7 Å². The van der Waals surface area contributed by atoms with Gasteiger partial charge in [0.2, 0.25) is 0 Å². The molecule has 1 aromatic carbocycles. The molecule has 2 aromatic heterocycles. The molecule has 5 rings (SSSR count). The van der Waals surface area contributed by atoms with E-state index in [9.17, 15) is 13.6 Å². The number of fused-ring (bicyclic) bond motifs is 1. The van der Waals surface area contributed by atoms with Crippen molar-refractivity contribution in [3.05, 3.63) is 30.1 Å². The van der Waals surface area contributed by atoms with Gasteiger partial charge in [-0.05, 0) is 31.4 Å². The molecule has 1 saturated heterocycles. The average molecular weight is 458 g/mol. The first kappa shape index (κ1) is 21.3. The number of hydrogen-bond donors (Lipinski definition) is 4. The molecular formula is C21H24F2N8O2. The molecule has 3 heterocycles. The largest absolute Gasteiger partial charge is 0.423 e. The summed E-state index contributed by atoms with van der Waals surface area (Å²) in [6.07, 6.45) is 2.96. The van der Waals surface area contributed by atoms with Crippen LogP contribution in [0.1, 0.15) is 36.2 Å². The number of oxazole rings is 1. The Morgan fingerprint density at radius 3 is 2.79 bits per heavy atom. The first-order valence-corrected chi connectivity index (χ1v) is 10.8. The molecule has 2 aliphatic rings. The molecule has 0 unspecified atom stereocenters. The normalized spacial score (nSPS) is 22.1. The van der Waals surface area contributed by atoms with E-state index in [4.69, 9.17) is 15.9 Å². The Labute approximate surface area is 187 Å². The zero-order valence-electron chi connectivity index (χ0n) is 17.7. The van der Waals surface area contributed by atoms with Crippen molar-refractivity contribution in [1.82, 2.24) is 15.0 Å². The summed E-state index contributed by atoms with van der Waals surface area (Å²) in [6, 6.07) is 3.81. The minimum atomic E-state index is -2.96.